The molecule has 18 heteroatoms. The zero-order valence-electron chi connectivity index (χ0n) is 9.46. The fraction of sp³-hybridized carbons (Fsp3) is 0. The summed E-state index contributed by atoms with van der Waals surface area (Å²) in [6.07, 6.45) is 0. The fourth-order valence-corrected chi connectivity index (χ4v) is 0. The minimum atomic E-state index is -4.92. The molecular weight excluding hydrogens is 337 g/mol. The van der Waals surface area contributed by atoms with Gasteiger partial charge in [0.2, 0.25) is 10.4 Å². The molecule has 0 rings (SSSR count). The molecule has 0 spiro atoms. The molecule has 0 saturated carbocycles. The Labute approximate surface area is 153 Å². The Kier molecular flexibility index (Phi) is 1140. The van der Waals surface area contributed by atoms with E-state index in [1.807, 2.05) is 0 Å². The zero-order valence-corrected chi connectivity index (χ0v) is 15.0. The maximum Gasteiger partial charge on any atom is 1.00 e. The summed E-state index contributed by atoms with van der Waals surface area (Å²) in [5.74, 6) is 0. The zero-order chi connectivity index (χ0) is 4.50. The molecule has 0 aliphatic carbocycles. The first-order chi connectivity index (χ1) is 2.00. The van der Waals surface area contributed by atoms with Crippen molar-refractivity contribution in [2.24, 2.45) is 0 Å². The summed E-state index contributed by atoms with van der Waals surface area (Å²) in [5.41, 5.74) is 0. The van der Waals surface area contributed by atoms with Crippen molar-refractivity contribution in [1.29, 1.82) is 0 Å². The van der Waals surface area contributed by atoms with Gasteiger partial charge in [-0.25, -0.2) is 8.42 Å². The third-order valence-corrected chi connectivity index (χ3v) is 0. The SMILES string of the molecule is O.O.O.O.O.O.O.O.O.O.O=S(=O)([O-])O.[Cl-].[Na+].[Na+]. The number of rotatable bonds is 0. The second kappa shape index (κ2) is 98.3. The second-order valence-electron chi connectivity index (χ2n) is 0.428. The molecule has 0 unspecified atom stereocenters. The number of halogens is 1. The van der Waals surface area contributed by atoms with Crippen LogP contribution >= 0.6 is 0 Å². The Bertz CT molecular complexity index is 103. The van der Waals surface area contributed by atoms with E-state index in [1.165, 1.54) is 0 Å². The fourth-order valence-electron chi connectivity index (χ4n) is 0. The molecule has 0 radical (unpaired) electrons. The molecule has 0 aliphatic heterocycles. The maximum atomic E-state index is 8.63. The summed E-state index contributed by atoms with van der Waals surface area (Å²) >= 11 is 0. The quantitative estimate of drug-likeness (QED) is 0.250. The molecule has 0 saturated heterocycles. The first-order valence-corrected chi connectivity index (χ1v) is 2.05. The largest absolute Gasteiger partial charge is 1.00 e. The van der Waals surface area contributed by atoms with E-state index in [-0.39, 0.29) is 126 Å². The van der Waals surface area contributed by atoms with Crippen molar-refractivity contribution in [1.82, 2.24) is 0 Å². The van der Waals surface area contributed by atoms with Gasteiger partial charge in [-0.3, -0.25) is 4.55 Å². The first kappa shape index (κ1) is 210. The van der Waals surface area contributed by atoms with E-state index in [9.17, 15) is 0 Å². The van der Waals surface area contributed by atoms with Crippen LogP contribution in [-0.2, 0) is 10.4 Å². The van der Waals surface area contributed by atoms with Crippen LogP contribution in [0.5, 0.6) is 0 Å². The molecule has 0 atom stereocenters. The number of hydrogen-bond donors (Lipinski definition) is 1. The first-order valence-electron chi connectivity index (χ1n) is 0.683. The monoisotopic (exact) mass is 358 g/mol. The van der Waals surface area contributed by atoms with Crippen molar-refractivity contribution in [2.75, 3.05) is 0 Å². The summed E-state index contributed by atoms with van der Waals surface area (Å²) in [7, 11) is -4.92. The number of hydrogen-bond acceptors (Lipinski definition) is 3. The van der Waals surface area contributed by atoms with Gasteiger partial charge >= 0.3 is 59.1 Å². The van der Waals surface area contributed by atoms with Crippen LogP contribution in [-0.4, -0.2) is 72.3 Å². The molecule has 0 bridgehead atoms. The summed E-state index contributed by atoms with van der Waals surface area (Å²) < 4.78 is 32.8. The Hall–Kier alpha value is 1.76. The molecule has 120 valence electrons. The van der Waals surface area contributed by atoms with Crippen LogP contribution in [0.25, 0.3) is 0 Å². The third kappa shape index (κ3) is 1610. The van der Waals surface area contributed by atoms with Crippen molar-refractivity contribution in [3.8, 4) is 0 Å². The molecule has 0 aromatic heterocycles. The van der Waals surface area contributed by atoms with Gasteiger partial charge in [0.25, 0.3) is 0 Å². The third-order valence-electron chi connectivity index (χ3n) is 0. The van der Waals surface area contributed by atoms with Crippen LogP contribution in [0.1, 0.15) is 0 Å². The van der Waals surface area contributed by atoms with Gasteiger partial charge in [0.1, 0.15) is 0 Å². The van der Waals surface area contributed by atoms with Crippen molar-refractivity contribution in [2.45, 2.75) is 0 Å². The van der Waals surface area contributed by atoms with Gasteiger partial charge in [-0.15, -0.1) is 0 Å². The summed E-state index contributed by atoms with van der Waals surface area (Å²) in [6.45, 7) is 0. The molecule has 0 amide bonds. The van der Waals surface area contributed by atoms with Gasteiger partial charge in [-0.2, -0.15) is 0 Å². The van der Waals surface area contributed by atoms with Crippen molar-refractivity contribution < 1.29 is 144 Å². The smallest absolute Gasteiger partial charge is 1.00 e. The molecule has 0 aliphatic rings. The molecule has 18 heavy (non-hydrogen) atoms. The normalized spacial score (nSPS) is 3.22. The van der Waals surface area contributed by atoms with E-state index < -0.39 is 10.4 Å². The molecule has 0 aromatic carbocycles. The predicted molar refractivity (Wildman–Crippen MR) is 48.5 cm³/mol. The van der Waals surface area contributed by atoms with Crippen LogP contribution in [0.2, 0.25) is 0 Å². The van der Waals surface area contributed by atoms with E-state index in [0.717, 1.165) is 0 Å². The Balaban J connectivity index is -0.00000000103. The van der Waals surface area contributed by atoms with Crippen molar-refractivity contribution in [3.05, 3.63) is 0 Å². The molecule has 21 N–H and O–H groups in total. The van der Waals surface area contributed by atoms with Gasteiger partial charge in [0, 0.05) is 0 Å². The van der Waals surface area contributed by atoms with Crippen LogP contribution < -0.4 is 71.5 Å². The van der Waals surface area contributed by atoms with Gasteiger partial charge in [0.15, 0.2) is 0 Å². The second-order valence-corrected chi connectivity index (χ2v) is 1.28. The standard InChI is InChI=1S/ClH.2Na.H2O4S.10H2O/c;;;1-5(2,3)4;;;;;;;;;;/h1H;;;(H2,1,2,3,4);10*1H2/q;2*+1;;;;;;;;;;;/p-2. The van der Waals surface area contributed by atoms with Gasteiger partial charge in [0.05, 0.1) is 0 Å². The van der Waals surface area contributed by atoms with Crippen LogP contribution in [0.4, 0.5) is 0 Å². The van der Waals surface area contributed by atoms with E-state index >= 15 is 0 Å². The van der Waals surface area contributed by atoms with E-state index in [4.69, 9.17) is 17.5 Å². The van der Waals surface area contributed by atoms with E-state index in [2.05, 4.69) is 0 Å². The van der Waals surface area contributed by atoms with Gasteiger partial charge in [-0.05, 0) is 0 Å². The van der Waals surface area contributed by atoms with Crippen molar-refractivity contribution >= 4 is 10.4 Å². The van der Waals surface area contributed by atoms with E-state index in [0.29, 0.717) is 0 Å². The van der Waals surface area contributed by atoms with Crippen LogP contribution in [0.15, 0.2) is 0 Å². The van der Waals surface area contributed by atoms with E-state index in [1.54, 1.807) is 0 Å². The van der Waals surface area contributed by atoms with Gasteiger partial charge in [-0.1, -0.05) is 0 Å². The topological polar surface area (TPSA) is 392 Å². The minimum absolute atomic E-state index is 0. The van der Waals surface area contributed by atoms with Gasteiger partial charge < -0.3 is 71.7 Å². The Morgan fingerprint density at radius 3 is 0.611 bits per heavy atom. The summed E-state index contributed by atoms with van der Waals surface area (Å²) in [4.78, 5) is 0. The van der Waals surface area contributed by atoms with Crippen LogP contribution in [0.3, 0.4) is 0 Å². The minimum Gasteiger partial charge on any atom is -1.00 e. The summed E-state index contributed by atoms with van der Waals surface area (Å²) in [6, 6.07) is 0. The molecule has 0 aromatic rings. The molecular formula is H21ClNa2O14S. The Morgan fingerprint density at radius 2 is 0.611 bits per heavy atom. The molecule has 0 heterocycles. The summed E-state index contributed by atoms with van der Waals surface area (Å²) in [5, 5.41) is 0. The predicted octanol–water partition coefficient (Wildman–Crippen LogP) is -18.2. The Morgan fingerprint density at radius 1 is 0.611 bits per heavy atom. The average molecular weight is 359 g/mol. The molecule has 14 nitrogen and oxygen atoms in total. The van der Waals surface area contributed by atoms with Crippen molar-refractivity contribution in [3.63, 3.8) is 0 Å². The molecule has 0 fully saturated rings. The van der Waals surface area contributed by atoms with Crippen LogP contribution in [0, 0.1) is 0 Å². The maximum absolute atomic E-state index is 8.63. The average Bonchev–Trinajstić information content (AvgIpc) is 0.722.